The number of carbonyl (C=O) groups is 3. The van der Waals surface area contributed by atoms with Crippen LogP contribution < -0.4 is 10.1 Å². The van der Waals surface area contributed by atoms with Crippen molar-refractivity contribution in [2.45, 2.75) is 38.0 Å². The summed E-state index contributed by atoms with van der Waals surface area (Å²) >= 11 is 0. The average Bonchev–Trinajstić information content (AvgIpc) is 2.86. The van der Waals surface area contributed by atoms with Crippen LogP contribution in [0.25, 0.3) is 0 Å². The van der Waals surface area contributed by atoms with Gasteiger partial charge in [0.1, 0.15) is 5.75 Å². The number of aliphatic carboxylic acids is 1. The van der Waals surface area contributed by atoms with E-state index in [1.807, 2.05) is 30.3 Å². The number of hydrogen-bond acceptors (Lipinski definition) is 4. The monoisotopic (exact) mass is 457 g/mol. The number of carboxylic acids is 1. The summed E-state index contributed by atoms with van der Waals surface area (Å²) in [7, 11) is 0. The van der Waals surface area contributed by atoms with Gasteiger partial charge >= 0.3 is 5.97 Å². The first-order chi connectivity index (χ1) is 16.5. The Morgan fingerprint density at radius 2 is 1.71 bits per heavy atom. The van der Waals surface area contributed by atoms with Gasteiger partial charge in [-0.05, 0) is 60.9 Å². The first-order valence-electron chi connectivity index (χ1n) is 11.5. The van der Waals surface area contributed by atoms with Crippen LogP contribution in [0.1, 0.15) is 58.6 Å². The Morgan fingerprint density at radius 1 is 0.941 bits per heavy atom. The maximum atomic E-state index is 12.9. The van der Waals surface area contributed by atoms with Crippen molar-refractivity contribution in [1.29, 1.82) is 0 Å². The molecule has 0 aliphatic heterocycles. The number of carbonyl (C=O) groups excluding carboxylic acids is 2. The molecule has 0 saturated heterocycles. The van der Waals surface area contributed by atoms with Gasteiger partial charge in [-0.25, -0.2) is 4.79 Å². The second kappa shape index (κ2) is 10.8. The van der Waals surface area contributed by atoms with Gasteiger partial charge in [0, 0.05) is 17.5 Å². The number of hydrogen-bond donors (Lipinski definition) is 2. The van der Waals surface area contributed by atoms with Gasteiger partial charge in [0.15, 0.2) is 12.4 Å². The number of anilines is 1. The number of ether oxygens (including phenoxy) is 1. The minimum Gasteiger partial charge on any atom is -0.482 e. The fourth-order valence-electron chi connectivity index (χ4n) is 4.54. The van der Waals surface area contributed by atoms with E-state index < -0.39 is 5.97 Å². The molecule has 1 aliphatic carbocycles. The second-order valence-corrected chi connectivity index (χ2v) is 8.42. The number of benzene rings is 3. The molecule has 3 aromatic rings. The lowest BCUT2D eigenvalue weighted by Crippen LogP contribution is -2.18. The van der Waals surface area contributed by atoms with E-state index in [9.17, 15) is 14.4 Å². The molecule has 1 amide bonds. The van der Waals surface area contributed by atoms with Crippen molar-refractivity contribution < 1.29 is 24.2 Å². The van der Waals surface area contributed by atoms with Gasteiger partial charge in [-0.15, -0.1) is 0 Å². The molecular weight excluding hydrogens is 430 g/mol. The summed E-state index contributed by atoms with van der Waals surface area (Å²) in [5.41, 5.74) is 3.71. The fourth-order valence-corrected chi connectivity index (χ4v) is 4.54. The lowest BCUT2D eigenvalue weighted by Gasteiger charge is -2.27. The molecule has 1 unspecified atom stereocenters. The summed E-state index contributed by atoms with van der Waals surface area (Å²) < 4.78 is 5.48. The fraction of sp³-hybridized carbons (Fsp3) is 0.250. The summed E-state index contributed by atoms with van der Waals surface area (Å²) in [4.78, 5) is 36.6. The van der Waals surface area contributed by atoms with E-state index in [0.29, 0.717) is 35.4 Å². The molecular formula is C28H27NO5. The van der Waals surface area contributed by atoms with E-state index in [2.05, 4.69) is 5.32 Å². The molecule has 1 aliphatic rings. The van der Waals surface area contributed by atoms with Gasteiger partial charge in [0.05, 0.1) is 5.69 Å². The molecule has 6 heteroatoms. The van der Waals surface area contributed by atoms with Crippen LogP contribution in [0.5, 0.6) is 5.75 Å². The van der Waals surface area contributed by atoms with Gasteiger partial charge in [-0.1, -0.05) is 54.6 Å². The second-order valence-electron chi connectivity index (χ2n) is 8.42. The minimum atomic E-state index is -1.01. The van der Waals surface area contributed by atoms with Crippen LogP contribution in [0, 0.1) is 0 Å². The van der Waals surface area contributed by atoms with Gasteiger partial charge in [0.25, 0.3) is 0 Å². The van der Waals surface area contributed by atoms with Crippen LogP contribution in [-0.4, -0.2) is 29.4 Å². The number of ketones is 1. The highest BCUT2D eigenvalue weighted by Crippen LogP contribution is 2.39. The summed E-state index contributed by atoms with van der Waals surface area (Å²) in [6.45, 7) is -0.370. The Kier molecular flexibility index (Phi) is 7.38. The molecule has 6 nitrogen and oxygen atoms in total. The van der Waals surface area contributed by atoms with Crippen LogP contribution >= 0.6 is 0 Å². The molecule has 0 heterocycles. The Hall–Kier alpha value is -3.93. The SMILES string of the molecule is O=C(O)COc1cccc2c1CCCC2CCC(=O)Nc1ccccc1C(=O)c1ccccc1. The van der Waals surface area contributed by atoms with Crippen LogP contribution in [0.3, 0.4) is 0 Å². The maximum Gasteiger partial charge on any atom is 0.341 e. The lowest BCUT2D eigenvalue weighted by molar-refractivity contribution is -0.139. The van der Waals surface area contributed by atoms with Gasteiger partial charge in [-0.2, -0.15) is 0 Å². The van der Waals surface area contributed by atoms with E-state index in [1.54, 1.807) is 42.5 Å². The van der Waals surface area contributed by atoms with Crippen molar-refractivity contribution >= 4 is 23.3 Å². The average molecular weight is 458 g/mol. The molecule has 174 valence electrons. The number of rotatable bonds is 9. The van der Waals surface area contributed by atoms with Crippen molar-refractivity contribution in [1.82, 2.24) is 0 Å². The number of carboxylic acid groups (broad SMARTS) is 1. The molecule has 0 fully saturated rings. The van der Waals surface area contributed by atoms with E-state index in [-0.39, 0.29) is 24.2 Å². The van der Waals surface area contributed by atoms with Crippen LogP contribution in [-0.2, 0) is 16.0 Å². The topological polar surface area (TPSA) is 92.7 Å². The molecule has 3 aromatic carbocycles. The first kappa shape index (κ1) is 23.2. The van der Waals surface area contributed by atoms with Gasteiger partial charge < -0.3 is 15.2 Å². The predicted octanol–water partition coefficient (Wildman–Crippen LogP) is 5.22. The highest BCUT2D eigenvalue weighted by Gasteiger charge is 2.24. The quantitative estimate of drug-likeness (QED) is 0.430. The van der Waals surface area contributed by atoms with Gasteiger partial charge in [0.2, 0.25) is 5.91 Å². The summed E-state index contributed by atoms with van der Waals surface area (Å²) in [5, 5.41) is 11.8. The third kappa shape index (κ3) is 5.52. The molecule has 2 N–H and O–H groups in total. The largest absolute Gasteiger partial charge is 0.482 e. The van der Waals surface area contributed by atoms with Crippen molar-refractivity contribution in [3.05, 3.63) is 95.1 Å². The molecule has 0 aromatic heterocycles. The van der Waals surface area contributed by atoms with Gasteiger partial charge in [-0.3, -0.25) is 9.59 Å². The molecule has 1 atom stereocenters. The Morgan fingerprint density at radius 3 is 2.50 bits per heavy atom. The van der Waals surface area contributed by atoms with Crippen molar-refractivity contribution in [2.75, 3.05) is 11.9 Å². The standard InChI is InChI=1S/C28H27NO5/c30-26(29-24-14-5-4-11-23(24)28(33)20-8-2-1-3-9-20)17-16-19-10-6-13-22-21(19)12-7-15-25(22)34-18-27(31)32/h1-5,7-9,11-12,14-15,19H,6,10,13,16-18H2,(H,29,30)(H,31,32). The number of fused-ring (bicyclic) bond motifs is 1. The van der Waals surface area contributed by atoms with E-state index in [0.717, 1.165) is 30.4 Å². The van der Waals surface area contributed by atoms with Crippen LogP contribution in [0.15, 0.2) is 72.8 Å². The molecule has 0 radical (unpaired) electrons. The highest BCUT2D eigenvalue weighted by atomic mass is 16.5. The molecule has 34 heavy (non-hydrogen) atoms. The van der Waals surface area contributed by atoms with Crippen LogP contribution in [0.4, 0.5) is 5.69 Å². The highest BCUT2D eigenvalue weighted by molar-refractivity contribution is 6.13. The summed E-state index contributed by atoms with van der Waals surface area (Å²) in [6, 6.07) is 21.8. The first-order valence-corrected chi connectivity index (χ1v) is 11.5. The maximum absolute atomic E-state index is 12.9. The lowest BCUT2D eigenvalue weighted by atomic mass is 9.80. The third-order valence-electron chi connectivity index (χ3n) is 6.14. The Bertz CT molecular complexity index is 1190. The number of nitrogens with one attached hydrogen (secondary N) is 1. The Labute approximate surface area is 198 Å². The molecule has 0 spiro atoms. The van der Waals surface area contributed by atoms with E-state index in [1.165, 1.54) is 0 Å². The van der Waals surface area contributed by atoms with Crippen molar-refractivity contribution in [2.24, 2.45) is 0 Å². The predicted molar refractivity (Wildman–Crippen MR) is 129 cm³/mol. The smallest absolute Gasteiger partial charge is 0.341 e. The zero-order valence-electron chi connectivity index (χ0n) is 18.8. The molecule has 0 saturated carbocycles. The van der Waals surface area contributed by atoms with Crippen molar-refractivity contribution in [3.63, 3.8) is 0 Å². The summed E-state index contributed by atoms with van der Waals surface area (Å²) in [5.74, 6) is -0.468. The van der Waals surface area contributed by atoms with Crippen LogP contribution in [0.2, 0.25) is 0 Å². The zero-order valence-corrected chi connectivity index (χ0v) is 18.8. The van der Waals surface area contributed by atoms with E-state index in [4.69, 9.17) is 9.84 Å². The molecule has 0 bridgehead atoms. The number of amides is 1. The van der Waals surface area contributed by atoms with E-state index >= 15 is 0 Å². The molecule has 4 rings (SSSR count). The number of para-hydroxylation sites is 1. The normalized spacial score (nSPS) is 14.6. The van der Waals surface area contributed by atoms with Crippen molar-refractivity contribution in [3.8, 4) is 5.75 Å². The summed E-state index contributed by atoms with van der Waals surface area (Å²) in [6.07, 6.45) is 3.74. The zero-order chi connectivity index (χ0) is 23.9. The third-order valence-corrected chi connectivity index (χ3v) is 6.14. The Balaban J connectivity index is 1.42. The minimum absolute atomic E-state index is 0.133.